The Morgan fingerprint density at radius 3 is 2.45 bits per heavy atom. The zero-order chi connectivity index (χ0) is 22.2. The van der Waals surface area contributed by atoms with Crippen molar-refractivity contribution in [2.24, 2.45) is 5.73 Å². The Labute approximate surface area is 177 Å². The summed E-state index contributed by atoms with van der Waals surface area (Å²) in [5, 5.41) is 0.706. The molecule has 3 rings (SSSR count). The second-order valence-corrected chi connectivity index (χ2v) is 6.50. The third-order valence-corrected chi connectivity index (χ3v) is 4.26. The Hall–Kier alpha value is -4.14. The highest BCUT2D eigenvalue weighted by molar-refractivity contribution is 5.95. The number of carbonyl (C=O) groups is 3. The van der Waals surface area contributed by atoms with Crippen molar-refractivity contribution >= 4 is 34.4 Å². The number of rotatable bonds is 9. The molecule has 0 fully saturated rings. The maximum atomic E-state index is 12.5. The van der Waals surface area contributed by atoms with Gasteiger partial charge in [-0.15, -0.1) is 0 Å². The van der Waals surface area contributed by atoms with E-state index in [4.69, 9.17) is 19.6 Å². The van der Waals surface area contributed by atoms with Gasteiger partial charge in [0.15, 0.2) is 13.2 Å². The molecule has 0 bridgehead atoms. The molecule has 2 aromatic carbocycles. The number of primary amides is 1. The van der Waals surface area contributed by atoms with Crippen LogP contribution in [0, 0.1) is 0 Å². The first-order valence-corrected chi connectivity index (χ1v) is 9.38. The molecule has 1 heterocycles. The van der Waals surface area contributed by atoms with Crippen LogP contribution in [-0.2, 0) is 19.1 Å². The Morgan fingerprint density at radius 1 is 0.968 bits per heavy atom. The number of anilines is 1. The van der Waals surface area contributed by atoms with Crippen molar-refractivity contribution in [1.82, 2.24) is 0 Å². The molecule has 0 atom stereocenters. The van der Waals surface area contributed by atoms with Crippen LogP contribution in [0.5, 0.6) is 5.75 Å². The average molecular weight is 424 g/mol. The molecular formula is C22H20N2O7. The van der Waals surface area contributed by atoms with Crippen LogP contribution in [0.25, 0.3) is 11.0 Å². The summed E-state index contributed by atoms with van der Waals surface area (Å²) < 4.78 is 15.4. The van der Waals surface area contributed by atoms with Crippen molar-refractivity contribution in [2.75, 3.05) is 24.7 Å². The van der Waals surface area contributed by atoms with Gasteiger partial charge in [0.25, 0.3) is 5.91 Å². The summed E-state index contributed by atoms with van der Waals surface area (Å²) in [5.41, 5.74) is 5.55. The summed E-state index contributed by atoms with van der Waals surface area (Å²) >= 11 is 0. The second kappa shape index (κ2) is 10.1. The highest BCUT2D eigenvalue weighted by Crippen LogP contribution is 2.19. The molecule has 3 aromatic rings. The third-order valence-electron chi connectivity index (χ3n) is 4.26. The van der Waals surface area contributed by atoms with E-state index in [9.17, 15) is 19.2 Å². The summed E-state index contributed by atoms with van der Waals surface area (Å²) in [6.45, 7) is -0.903. The molecule has 160 valence electrons. The number of para-hydroxylation sites is 1. The summed E-state index contributed by atoms with van der Waals surface area (Å²) in [6.07, 6.45) is -0.0320. The van der Waals surface area contributed by atoms with E-state index in [0.717, 1.165) is 0 Å². The second-order valence-electron chi connectivity index (χ2n) is 6.50. The van der Waals surface area contributed by atoms with Crippen molar-refractivity contribution in [3.05, 3.63) is 71.1 Å². The van der Waals surface area contributed by atoms with Crippen LogP contribution in [0.2, 0.25) is 0 Å². The number of carbonyl (C=O) groups excluding carboxylic acids is 3. The fourth-order valence-electron chi connectivity index (χ4n) is 2.76. The molecule has 0 aliphatic carbocycles. The van der Waals surface area contributed by atoms with Gasteiger partial charge in [-0.2, -0.15) is 0 Å². The molecule has 2 N–H and O–H groups in total. The summed E-state index contributed by atoms with van der Waals surface area (Å²) in [5.74, 6) is -1.51. The zero-order valence-corrected chi connectivity index (χ0v) is 16.5. The fraction of sp³-hybridized carbons (Fsp3) is 0.182. The summed E-state index contributed by atoms with van der Waals surface area (Å²) in [6, 6.07) is 16.4. The third kappa shape index (κ3) is 6.17. The highest BCUT2D eigenvalue weighted by Gasteiger charge is 2.18. The topological polar surface area (TPSA) is 129 Å². The number of benzene rings is 2. The van der Waals surface area contributed by atoms with E-state index in [1.165, 1.54) is 17.0 Å². The van der Waals surface area contributed by atoms with Gasteiger partial charge in [0.1, 0.15) is 11.3 Å². The van der Waals surface area contributed by atoms with Crippen LogP contribution in [0.4, 0.5) is 5.69 Å². The lowest BCUT2D eigenvalue weighted by Crippen LogP contribution is -2.37. The highest BCUT2D eigenvalue weighted by atomic mass is 16.6. The van der Waals surface area contributed by atoms with Crippen LogP contribution >= 0.6 is 0 Å². The molecule has 9 nitrogen and oxygen atoms in total. The lowest BCUT2D eigenvalue weighted by Gasteiger charge is -2.22. The fourth-order valence-corrected chi connectivity index (χ4v) is 2.76. The van der Waals surface area contributed by atoms with Crippen molar-refractivity contribution in [3.8, 4) is 5.75 Å². The van der Waals surface area contributed by atoms with Crippen LogP contribution in [0.15, 0.2) is 69.9 Å². The first-order valence-electron chi connectivity index (χ1n) is 9.38. The smallest absolute Gasteiger partial charge is 0.344 e. The standard InChI is InChI=1S/C22H20N2O7/c23-19(25)10-11-24(16-4-2-1-3-5-16)20(26)13-30-22(28)14-29-17-8-6-15-7-9-21(27)31-18(15)12-17/h1-9,12H,10-11,13-14H2,(H2,23,25). The molecule has 0 spiro atoms. The van der Waals surface area contributed by atoms with Gasteiger partial charge in [-0.05, 0) is 30.3 Å². The Kier molecular flexibility index (Phi) is 7.00. The van der Waals surface area contributed by atoms with Crippen molar-refractivity contribution in [2.45, 2.75) is 6.42 Å². The Balaban J connectivity index is 1.55. The number of nitrogens with two attached hydrogens (primary N) is 1. The molecule has 0 aliphatic heterocycles. The molecule has 9 heteroatoms. The average Bonchev–Trinajstić information content (AvgIpc) is 2.76. The minimum Gasteiger partial charge on any atom is -0.482 e. The minimum absolute atomic E-state index is 0.0320. The van der Waals surface area contributed by atoms with E-state index in [0.29, 0.717) is 22.4 Å². The van der Waals surface area contributed by atoms with Gasteiger partial charge in [-0.3, -0.25) is 9.59 Å². The molecule has 31 heavy (non-hydrogen) atoms. The maximum absolute atomic E-state index is 12.5. The number of esters is 1. The molecule has 2 amide bonds. The van der Waals surface area contributed by atoms with Crippen molar-refractivity contribution in [3.63, 3.8) is 0 Å². The van der Waals surface area contributed by atoms with Gasteiger partial charge >= 0.3 is 11.6 Å². The first-order chi connectivity index (χ1) is 14.9. The predicted octanol–water partition coefficient (Wildman–Crippen LogP) is 1.62. The summed E-state index contributed by atoms with van der Waals surface area (Å²) in [7, 11) is 0. The number of ether oxygens (including phenoxy) is 2. The van der Waals surface area contributed by atoms with Crippen LogP contribution in [-0.4, -0.2) is 37.5 Å². The van der Waals surface area contributed by atoms with E-state index in [-0.39, 0.29) is 13.0 Å². The number of fused-ring (bicyclic) bond motifs is 1. The number of hydrogen-bond donors (Lipinski definition) is 1. The maximum Gasteiger partial charge on any atom is 0.344 e. The molecule has 0 aliphatic rings. The van der Waals surface area contributed by atoms with E-state index in [2.05, 4.69) is 0 Å². The van der Waals surface area contributed by atoms with Crippen LogP contribution < -0.4 is 21.0 Å². The van der Waals surface area contributed by atoms with E-state index in [1.54, 1.807) is 48.5 Å². The van der Waals surface area contributed by atoms with Gasteiger partial charge in [-0.25, -0.2) is 9.59 Å². The number of nitrogens with zero attached hydrogens (tertiary/aromatic N) is 1. The molecule has 0 saturated heterocycles. The number of hydrogen-bond acceptors (Lipinski definition) is 7. The molecule has 0 saturated carbocycles. The van der Waals surface area contributed by atoms with Gasteiger partial charge < -0.3 is 24.5 Å². The van der Waals surface area contributed by atoms with E-state index in [1.807, 2.05) is 0 Å². The molecular weight excluding hydrogens is 404 g/mol. The Bertz CT molecular complexity index is 1140. The lowest BCUT2D eigenvalue weighted by atomic mass is 10.2. The largest absolute Gasteiger partial charge is 0.482 e. The normalized spacial score (nSPS) is 10.5. The van der Waals surface area contributed by atoms with Gasteiger partial charge in [-0.1, -0.05) is 18.2 Å². The Morgan fingerprint density at radius 2 is 1.71 bits per heavy atom. The predicted molar refractivity (Wildman–Crippen MR) is 112 cm³/mol. The molecule has 1 aromatic heterocycles. The first kappa shape index (κ1) is 21.6. The van der Waals surface area contributed by atoms with Crippen molar-refractivity contribution in [1.29, 1.82) is 0 Å². The van der Waals surface area contributed by atoms with E-state index >= 15 is 0 Å². The summed E-state index contributed by atoms with van der Waals surface area (Å²) in [4.78, 5) is 48.3. The van der Waals surface area contributed by atoms with E-state index < -0.39 is 36.6 Å². The lowest BCUT2D eigenvalue weighted by molar-refractivity contribution is -0.149. The molecule has 0 unspecified atom stereocenters. The monoisotopic (exact) mass is 424 g/mol. The minimum atomic E-state index is -0.758. The van der Waals surface area contributed by atoms with Gasteiger partial charge in [0, 0.05) is 36.2 Å². The quantitative estimate of drug-likeness (QED) is 0.408. The zero-order valence-electron chi connectivity index (χ0n) is 16.5. The van der Waals surface area contributed by atoms with Gasteiger partial charge in [0.2, 0.25) is 5.91 Å². The SMILES string of the molecule is NC(=O)CCN(C(=O)COC(=O)COc1ccc2ccc(=O)oc2c1)c1ccccc1. The van der Waals surface area contributed by atoms with Gasteiger partial charge in [0.05, 0.1) is 0 Å². The number of amides is 2. The van der Waals surface area contributed by atoms with Crippen molar-refractivity contribution < 1.29 is 28.3 Å². The van der Waals surface area contributed by atoms with Crippen LogP contribution in [0.3, 0.4) is 0 Å². The van der Waals surface area contributed by atoms with Crippen LogP contribution in [0.1, 0.15) is 6.42 Å². The molecule has 0 radical (unpaired) electrons.